The Labute approximate surface area is 109 Å². The van der Waals surface area contributed by atoms with Gasteiger partial charge in [0.05, 0.1) is 11.1 Å². The molecule has 1 aliphatic carbocycles. The van der Waals surface area contributed by atoms with Crippen molar-refractivity contribution in [2.24, 2.45) is 5.92 Å². The minimum Gasteiger partial charge on any atom is -0.378 e. The van der Waals surface area contributed by atoms with Gasteiger partial charge in [0.2, 0.25) is 0 Å². The van der Waals surface area contributed by atoms with E-state index in [1.807, 2.05) is 0 Å². The Bertz CT molecular complexity index is 494. The third-order valence-corrected chi connectivity index (χ3v) is 4.05. The minimum absolute atomic E-state index is 0.0293. The SMILES string of the molecule is O=C(N[C@@H]1C[C@H]2OCC[C@@H]12)c1ccc(F)c(Cl)c1. The van der Waals surface area contributed by atoms with E-state index in [1.54, 1.807) is 0 Å². The van der Waals surface area contributed by atoms with Crippen LogP contribution in [0.2, 0.25) is 5.02 Å². The molecule has 0 radical (unpaired) electrons. The molecule has 2 fully saturated rings. The van der Waals surface area contributed by atoms with Gasteiger partial charge in [-0.1, -0.05) is 11.6 Å². The van der Waals surface area contributed by atoms with E-state index < -0.39 is 5.82 Å². The highest BCUT2D eigenvalue weighted by atomic mass is 35.5. The Morgan fingerprint density at radius 3 is 3.06 bits per heavy atom. The smallest absolute Gasteiger partial charge is 0.251 e. The van der Waals surface area contributed by atoms with Crippen molar-refractivity contribution in [3.63, 3.8) is 0 Å². The number of carbonyl (C=O) groups excluding carboxylic acids is 1. The zero-order chi connectivity index (χ0) is 12.7. The quantitative estimate of drug-likeness (QED) is 0.895. The number of nitrogens with one attached hydrogen (secondary N) is 1. The Morgan fingerprint density at radius 1 is 1.50 bits per heavy atom. The predicted molar refractivity (Wildman–Crippen MR) is 65.1 cm³/mol. The van der Waals surface area contributed by atoms with Gasteiger partial charge in [0.25, 0.3) is 5.91 Å². The van der Waals surface area contributed by atoms with Crippen LogP contribution in [0.1, 0.15) is 23.2 Å². The second-order valence-corrected chi connectivity index (χ2v) is 5.21. The monoisotopic (exact) mass is 269 g/mol. The van der Waals surface area contributed by atoms with Gasteiger partial charge in [-0.05, 0) is 31.0 Å². The summed E-state index contributed by atoms with van der Waals surface area (Å²) in [7, 11) is 0. The minimum atomic E-state index is -0.513. The average molecular weight is 270 g/mol. The number of carbonyl (C=O) groups is 1. The van der Waals surface area contributed by atoms with Gasteiger partial charge in [-0.15, -0.1) is 0 Å². The molecule has 3 atom stereocenters. The Balaban J connectivity index is 1.66. The van der Waals surface area contributed by atoms with E-state index in [0.717, 1.165) is 19.4 Å². The molecule has 18 heavy (non-hydrogen) atoms. The molecule has 5 heteroatoms. The molecule has 0 unspecified atom stereocenters. The zero-order valence-corrected chi connectivity index (χ0v) is 10.4. The lowest BCUT2D eigenvalue weighted by molar-refractivity contribution is 0.00810. The Kier molecular flexibility index (Phi) is 2.99. The number of ether oxygens (including phenoxy) is 1. The molecule has 2 aliphatic rings. The lowest BCUT2D eigenvalue weighted by atomic mass is 9.76. The summed E-state index contributed by atoms with van der Waals surface area (Å²) in [5, 5.41) is 2.92. The van der Waals surface area contributed by atoms with Crippen LogP contribution >= 0.6 is 11.6 Å². The van der Waals surface area contributed by atoms with Crippen LogP contribution in [0.15, 0.2) is 18.2 Å². The van der Waals surface area contributed by atoms with Gasteiger partial charge < -0.3 is 10.1 Å². The zero-order valence-electron chi connectivity index (χ0n) is 9.66. The number of benzene rings is 1. The van der Waals surface area contributed by atoms with E-state index in [0.29, 0.717) is 17.6 Å². The summed E-state index contributed by atoms with van der Waals surface area (Å²) in [6.07, 6.45) is 2.18. The molecule has 1 aliphatic heterocycles. The summed E-state index contributed by atoms with van der Waals surface area (Å²) in [6.45, 7) is 0.782. The van der Waals surface area contributed by atoms with E-state index in [9.17, 15) is 9.18 Å². The van der Waals surface area contributed by atoms with Crippen LogP contribution in [0.3, 0.4) is 0 Å². The van der Waals surface area contributed by atoms with Crippen molar-refractivity contribution in [3.05, 3.63) is 34.6 Å². The van der Waals surface area contributed by atoms with Crippen LogP contribution in [0.5, 0.6) is 0 Å². The van der Waals surface area contributed by atoms with E-state index in [2.05, 4.69) is 5.32 Å². The average Bonchev–Trinajstić information content (AvgIpc) is 2.71. The van der Waals surface area contributed by atoms with E-state index in [1.165, 1.54) is 18.2 Å². The van der Waals surface area contributed by atoms with Crippen LogP contribution in [0, 0.1) is 11.7 Å². The molecule has 1 amide bonds. The van der Waals surface area contributed by atoms with E-state index >= 15 is 0 Å². The third kappa shape index (κ3) is 1.99. The highest BCUT2D eigenvalue weighted by Gasteiger charge is 2.45. The topological polar surface area (TPSA) is 38.3 Å². The third-order valence-electron chi connectivity index (χ3n) is 3.76. The summed E-state index contributed by atoms with van der Waals surface area (Å²) in [5.74, 6) is -0.279. The fourth-order valence-corrected chi connectivity index (χ4v) is 2.83. The van der Waals surface area contributed by atoms with Crippen LogP contribution < -0.4 is 5.32 Å². The molecule has 3 nitrogen and oxygen atoms in total. The maximum atomic E-state index is 13.0. The van der Waals surface area contributed by atoms with Gasteiger partial charge >= 0.3 is 0 Å². The molecule has 1 saturated heterocycles. The normalized spacial score (nSPS) is 29.6. The molecule has 0 bridgehead atoms. The van der Waals surface area contributed by atoms with Gasteiger partial charge in [0.15, 0.2) is 0 Å². The lowest BCUT2D eigenvalue weighted by Gasteiger charge is -2.39. The number of halogens is 2. The number of amides is 1. The van der Waals surface area contributed by atoms with Gasteiger partial charge in [-0.2, -0.15) is 0 Å². The number of hydrogen-bond acceptors (Lipinski definition) is 2. The first kappa shape index (κ1) is 11.9. The molecule has 96 valence electrons. The summed E-state index contributed by atoms with van der Waals surface area (Å²) in [4.78, 5) is 12.0. The molecule has 3 rings (SSSR count). The van der Waals surface area contributed by atoms with Crippen molar-refractivity contribution < 1.29 is 13.9 Å². The van der Waals surface area contributed by atoms with Crippen molar-refractivity contribution >= 4 is 17.5 Å². The number of fused-ring (bicyclic) bond motifs is 1. The summed E-state index contributed by atoms with van der Waals surface area (Å²) in [6, 6.07) is 4.18. The molecule has 0 aromatic heterocycles. The van der Waals surface area contributed by atoms with Crippen molar-refractivity contribution in [1.82, 2.24) is 5.32 Å². The second kappa shape index (κ2) is 4.52. The summed E-state index contributed by atoms with van der Waals surface area (Å²) >= 11 is 5.66. The standard InChI is InChI=1S/C13H13ClFNO2/c14-9-5-7(1-2-10(9)15)13(17)16-11-6-12-8(11)3-4-18-12/h1-2,5,8,11-12H,3-4,6H2,(H,16,17)/t8-,11+,12+/m0/s1. The first-order valence-electron chi connectivity index (χ1n) is 6.02. The second-order valence-electron chi connectivity index (χ2n) is 4.81. The molecule has 1 saturated carbocycles. The van der Waals surface area contributed by atoms with Crippen LogP contribution in [-0.4, -0.2) is 24.7 Å². The molecular formula is C13H13ClFNO2. The Morgan fingerprint density at radius 2 is 2.33 bits per heavy atom. The van der Waals surface area contributed by atoms with Crippen LogP contribution in [0.25, 0.3) is 0 Å². The predicted octanol–water partition coefficient (Wildman–Crippen LogP) is 2.39. The molecular weight excluding hydrogens is 257 g/mol. The van der Waals surface area contributed by atoms with Gasteiger partial charge in [-0.25, -0.2) is 4.39 Å². The van der Waals surface area contributed by atoms with Crippen molar-refractivity contribution in [1.29, 1.82) is 0 Å². The van der Waals surface area contributed by atoms with Crippen LogP contribution in [-0.2, 0) is 4.74 Å². The maximum absolute atomic E-state index is 13.0. The highest BCUT2D eigenvalue weighted by molar-refractivity contribution is 6.31. The van der Waals surface area contributed by atoms with Crippen molar-refractivity contribution in [2.75, 3.05) is 6.61 Å². The van der Waals surface area contributed by atoms with Crippen molar-refractivity contribution in [2.45, 2.75) is 25.0 Å². The summed E-state index contributed by atoms with van der Waals surface area (Å²) < 4.78 is 18.5. The highest BCUT2D eigenvalue weighted by Crippen LogP contribution is 2.38. The molecule has 1 heterocycles. The summed E-state index contributed by atoms with van der Waals surface area (Å²) in [5.41, 5.74) is 0.392. The van der Waals surface area contributed by atoms with Gasteiger partial charge in [0.1, 0.15) is 5.82 Å². The molecule has 1 aromatic rings. The van der Waals surface area contributed by atoms with E-state index in [4.69, 9.17) is 16.3 Å². The number of rotatable bonds is 2. The fraction of sp³-hybridized carbons (Fsp3) is 0.462. The number of hydrogen-bond donors (Lipinski definition) is 1. The fourth-order valence-electron chi connectivity index (χ4n) is 2.65. The van der Waals surface area contributed by atoms with Crippen LogP contribution in [0.4, 0.5) is 4.39 Å². The van der Waals surface area contributed by atoms with Gasteiger partial charge in [-0.3, -0.25) is 4.79 Å². The van der Waals surface area contributed by atoms with Crippen molar-refractivity contribution in [3.8, 4) is 0 Å². The van der Waals surface area contributed by atoms with E-state index in [-0.39, 0.29) is 17.0 Å². The lowest BCUT2D eigenvalue weighted by Crippen LogP contribution is -2.53. The Hall–Kier alpha value is -1.13. The molecule has 0 spiro atoms. The van der Waals surface area contributed by atoms with Gasteiger partial charge in [0, 0.05) is 24.1 Å². The first-order valence-corrected chi connectivity index (χ1v) is 6.40. The first-order chi connectivity index (χ1) is 8.65. The molecule has 1 aromatic carbocycles. The molecule has 1 N–H and O–H groups in total. The largest absolute Gasteiger partial charge is 0.378 e. The maximum Gasteiger partial charge on any atom is 0.251 e.